The fraction of sp³-hybridized carbons (Fsp3) is 0.529. The smallest absolute Gasteiger partial charge is 0.307 e. The number of hydrogen-bond donors (Lipinski definition) is 1. The predicted molar refractivity (Wildman–Crippen MR) is 88.0 cm³/mol. The first-order valence-corrected chi connectivity index (χ1v) is 7.97. The number of nitrogens with zero attached hydrogens (tertiary/aromatic N) is 1. The molecule has 1 heterocycles. The van der Waals surface area contributed by atoms with Crippen LogP contribution in [0.5, 0.6) is 11.5 Å². The van der Waals surface area contributed by atoms with Crippen LogP contribution in [0.15, 0.2) is 18.2 Å². The Labute approximate surface area is 141 Å². The van der Waals surface area contributed by atoms with E-state index >= 15 is 0 Å². The van der Waals surface area contributed by atoms with Gasteiger partial charge in [0.25, 0.3) is 0 Å². The molecule has 0 spiro atoms. The minimum absolute atomic E-state index is 0.0398. The maximum absolute atomic E-state index is 12.2. The average Bonchev–Trinajstić information content (AvgIpc) is 2.58. The molecule has 132 valence electrons. The third-order valence-corrected chi connectivity index (χ3v) is 3.97. The molecule has 1 unspecified atom stereocenters. The van der Waals surface area contributed by atoms with E-state index in [1.165, 1.54) is 0 Å². The number of rotatable bonds is 7. The normalized spacial score (nSPS) is 18.0. The Morgan fingerprint density at radius 1 is 1.33 bits per heavy atom. The topological polar surface area (TPSA) is 77.1 Å². The van der Waals surface area contributed by atoms with Crippen molar-refractivity contribution < 1.29 is 23.8 Å². The molecule has 0 radical (unpaired) electrons. The Morgan fingerprint density at radius 3 is 2.79 bits per heavy atom. The number of ether oxygens (including phenoxy) is 3. The quantitative estimate of drug-likeness (QED) is 0.747. The third kappa shape index (κ3) is 4.38. The summed E-state index contributed by atoms with van der Waals surface area (Å²) in [6.07, 6.45) is 0.0398. The molecular weight excluding hydrogens is 312 g/mol. The van der Waals surface area contributed by atoms with Gasteiger partial charge >= 0.3 is 5.97 Å². The first kappa shape index (κ1) is 18.1. The Balaban J connectivity index is 2.15. The van der Waals surface area contributed by atoms with Gasteiger partial charge in [-0.05, 0) is 13.0 Å². The van der Waals surface area contributed by atoms with E-state index < -0.39 is 6.04 Å². The fourth-order valence-corrected chi connectivity index (χ4v) is 2.75. The van der Waals surface area contributed by atoms with Crippen molar-refractivity contribution >= 4 is 11.9 Å². The number of carbonyl (C=O) groups excluding carboxylic acids is 2. The van der Waals surface area contributed by atoms with Gasteiger partial charge < -0.3 is 19.5 Å². The molecule has 1 aliphatic rings. The lowest BCUT2D eigenvalue weighted by Crippen LogP contribution is -2.55. The van der Waals surface area contributed by atoms with E-state index in [0.717, 1.165) is 5.56 Å². The number of methoxy groups -OCH3 is 2. The molecule has 2 rings (SSSR count). The largest absolute Gasteiger partial charge is 0.497 e. The summed E-state index contributed by atoms with van der Waals surface area (Å²) >= 11 is 0. The van der Waals surface area contributed by atoms with Crippen LogP contribution in [0.3, 0.4) is 0 Å². The highest BCUT2D eigenvalue weighted by Crippen LogP contribution is 2.27. The maximum atomic E-state index is 12.2. The Morgan fingerprint density at radius 2 is 2.12 bits per heavy atom. The molecule has 7 heteroatoms. The van der Waals surface area contributed by atoms with Crippen LogP contribution in [0.2, 0.25) is 0 Å². The molecule has 0 aliphatic carbocycles. The van der Waals surface area contributed by atoms with Crippen LogP contribution < -0.4 is 14.8 Å². The number of amides is 1. The third-order valence-electron chi connectivity index (χ3n) is 3.97. The van der Waals surface area contributed by atoms with Crippen molar-refractivity contribution in [3.8, 4) is 11.5 Å². The van der Waals surface area contributed by atoms with E-state index in [4.69, 9.17) is 14.2 Å². The average molecular weight is 336 g/mol. The number of nitrogens with one attached hydrogen (secondary N) is 1. The van der Waals surface area contributed by atoms with Crippen molar-refractivity contribution in [2.45, 2.75) is 25.9 Å². The standard InChI is InChI=1S/C17H24N2O5/c1-4-24-16(20)10-14-17(21)18-7-8-19(14)11-12-5-6-13(22-2)9-15(12)23-3/h5-6,9,14H,4,7-8,10-11H2,1-3H3,(H,18,21). The molecule has 0 bridgehead atoms. The lowest BCUT2D eigenvalue weighted by Gasteiger charge is -2.34. The molecule has 0 aromatic heterocycles. The first-order chi connectivity index (χ1) is 11.6. The highest BCUT2D eigenvalue weighted by atomic mass is 16.5. The molecule has 1 atom stereocenters. The zero-order chi connectivity index (χ0) is 17.5. The Hall–Kier alpha value is -2.28. The minimum Gasteiger partial charge on any atom is -0.497 e. The van der Waals surface area contributed by atoms with Gasteiger partial charge in [-0.25, -0.2) is 0 Å². The summed E-state index contributed by atoms with van der Waals surface area (Å²) in [6, 6.07) is 5.03. The van der Waals surface area contributed by atoms with E-state index in [0.29, 0.717) is 37.7 Å². The van der Waals surface area contributed by atoms with Gasteiger partial charge in [0.1, 0.15) is 17.5 Å². The molecular formula is C17H24N2O5. The number of carbonyl (C=O) groups is 2. The molecule has 0 saturated carbocycles. The molecule has 1 saturated heterocycles. The summed E-state index contributed by atoms with van der Waals surface area (Å²) < 4.78 is 15.6. The summed E-state index contributed by atoms with van der Waals surface area (Å²) in [5.41, 5.74) is 0.932. The Bertz CT molecular complexity index is 590. The van der Waals surface area contributed by atoms with Crippen LogP contribution >= 0.6 is 0 Å². The molecule has 1 aromatic carbocycles. The van der Waals surface area contributed by atoms with Gasteiger partial charge in [0.2, 0.25) is 5.91 Å². The highest BCUT2D eigenvalue weighted by Gasteiger charge is 2.32. The van der Waals surface area contributed by atoms with E-state index in [2.05, 4.69) is 5.32 Å². The molecule has 24 heavy (non-hydrogen) atoms. The molecule has 1 fully saturated rings. The van der Waals surface area contributed by atoms with Crippen LogP contribution in [-0.4, -0.2) is 56.7 Å². The molecule has 7 nitrogen and oxygen atoms in total. The van der Waals surface area contributed by atoms with Crippen molar-refractivity contribution in [3.05, 3.63) is 23.8 Å². The van der Waals surface area contributed by atoms with Gasteiger partial charge in [-0.15, -0.1) is 0 Å². The molecule has 1 amide bonds. The van der Waals surface area contributed by atoms with Gasteiger partial charge in [0.05, 0.1) is 27.2 Å². The maximum Gasteiger partial charge on any atom is 0.307 e. The van der Waals surface area contributed by atoms with E-state index in [9.17, 15) is 9.59 Å². The van der Waals surface area contributed by atoms with Crippen LogP contribution in [0.25, 0.3) is 0 Å². The molecule has 1 N–H and O–H groups in total. The fourth-order valence-electron chi connectivity index (χ4n) is 2.75. The lowest BCUT2D eigenvalue weighted by atomic mass is 10.1. The van der Waals surface area contributed by atoms with Crippen molar-refractivity contribution in [2.24, 2.45) is 0 Å². The van der Waals surface area contributed by atoms with E-state index in [1.807, 2.05) is 17.0 Å². The predicted octanol–water partition coefficient (Wildman–Crippen LogP) is 0.957. The highest BCUT2D eigenvalue weighted by molar-refractivity contribution is 5.87. The minimum atomic E-state index is -0.537. The van der Waals surface area contributed by atoms with E-state index in [1.54, 1.807) is 27.2 Å². The number of piperazine rings is 1. The SMILES string of the molecule is CCOC(=O)CC1C(=O)NCCN1Cc1ccc(OC)cc1OC. The second-order valence-electron chi connectivity index (χ2n) is 5.46. The summed E-state index contributed by atoms with van der Waals surface area (Å²) in [5, 5.41) is 2.80. The Kier molecular flexibility index (Phi) is 6.43. The van der Waals surface area contributed by atoms with Gasteiger partial charge in [-0.1, -0.05) is 6.07 Å². The number of esters is 1. The van der Waals surface area contributed by atoms with Crippen molar-refractivity contribution in [1.82, 2.24) is 10.2 Å². The molecule has 1 aromatic rings. The second kappa shape index (κ2) is 8.54. The van der Waals surface area contributed by atoms with Crippen LogP contribution in [0.1, 0.15) is 18.9 Å². The van der Waals surface area contributed by atoms with E-state index in [-0.39, 0.29) is 18.3 Å². The van der Waals surface area contributed by atoms with Crippen LogP contribution in [0.4, 0.5) is 0 Å². The van der Waals surface area contributed by atoms with Gasteiger partial charge in [-0.3, -0.25) is 14.5 Å². The lowest BCUT2D eigenvalue weighted by molar-refractivity contribution is -0.148. The summed E-state index contributed by atoms with van der Waals surface area (Å²) in [6.45, 7) is 3.77. The van der Waals surface area contributed by atoms with Crippen LogP contribution in [0, 0.1) is 0 Å². The molecule has 1 aliphatic heterocycles. The van der Waals surface area contributed by atoms with Crippen molar-refractivity contribution in [1.29, 1.82) is 0 Å². The van der Waals surface area contributed by atoms with Crippen molar-refractivity contribution in [3.63, 3.8) is 0 Å². The monoisotopic (exact) mass is 336 g/mol. The zero-order valence-electron chi connectivity index (χ0n) is 14.3. The summed E-state index contributed by atoms with van der Waals surface area (Å²) in [4.78, 5) is 25.9. The van der Waals surface area contributed by atoms with Crippen molar-refractivity contribution in [2.75, 3.05) is 33.9 Å². The van der Waals surface area contributed by atoms with Crippen LogP contribution in [-0.2, 0) is 20.9 Å². The number of benzene rings is 1. The van der Waals surface area contributed by atoms with Gasteiger partial charge in [0, 0.05) is 31.3 Å². The summed E-state index contributed by atoms with van der Waals surface area (Å²) in [7, 11) is 3.19. The summed E-state index contributed by atoms with van der Waals surface area (Å²) in [5.74, 6) is 0.873. The first-order valence-electron chi connectivity index (χ1n) is 7.97. The second-order valence-corrected chi connectivity index (χ2v) is 5.46. The zero-order valence-corrected chi connectivity index (χ0v) is 14.3. The number of hydrogen-bond acceptors (Lipinski definition) is 6. The van der Waals surface area contributed by atoms with Gasteiger partial charge in [0.15, 0.2) is 0 Å². The van der Waals surface area contributed by atoms with Gasteiger partial charge in [-0.2, -0.15) is 0 Å².